The van der Waals surface area contributed by atoms with E-state index in [1.807, 2.05) is 0 Å². The van der Waals surface area contributed by atoms with Crippen LogP contribution < -0.4 is 15.6 Å². The van der Waals surface area contributed by atoms with Crippen LogP contribution in [0.2, 0.25) is 5.02 Å². The van der Waals surface area contributed by atoms with Crippen LogP contribution in [0.5, 0.6) is 5.88 Å². The number of nitrogens with one attached hydrogen (secondary N) is 2. The van der Waals surface area contributed by atoms with E-state index in [2.05, 4.69) is 15.3 Å². The molecule has 0 radical (unpaired) electrons. The van der Waals surface area contributed by atoms with E-state index in [-0.39, 0.29) is 35.5 Å². The van der Waals surface area contributed by atoms with Crippen LogP contribution in [-0.2, 0) is 6.42 Å². The van der Waals surface area contributed by atoms with Crippen molar-refractivity contribution < 1.29 is 13.9 Å². The summed E-state index contributed by atoms with van der Waals surface area (Å²) >= 11 is 6.49. The zero-order valence-electron chi connectivity index (χ0n) is 18.9. The maximum atomic E-state index is 15.1. The van der Waals surface area contributed by atoms with Crippen molar-refractivity contribution in [1.29, 1.82) is 0 Å². The third kappa shape index (κ3) is 4.05. The standard InChI is InChI=1S/C26H24ClFN4O3/c27-20-11-22(21(28)10-18(20)14-4-7-25(30-12-14)35-17-2-1-3-17)31-26(34)32-16-5-6-23(32)19-13-29-24(33)9-15(19)8-16/h4,7,9-13,16-17,23H,1-3,5-6,8H2,(H,29,33)(H,31,34)/t16?,23-/m0/s1. The summed E-state index contributed by atoms with van der Waals surface area (Å²) in [6.45, 7) is 0. The predicted molar refractivity (Wildman–Crippen MR) is 130 cm³/mol. The molecular weight excluding hydrogens is 471 g/mol. The highest BCUT2D eigenvalue weighted by Crippen LogP contribution is 2.43. The molecule has 6 rings (SSSR count). The van der Waals surface area contributed by atoms with Crippen molar-refractivity contribution in [2.75, 3.05) is 5.32 Å². The maximum Gasteiger partial charge on any atom is 0.322 e. The Labute approximate surface area is 206 Å². The van der Waals surface area contributed by atoms with Crippen molar-refractivity contribution in [2.24, 2.45) is 0 Å². The number of carbonyl (C=O) groups excluding carboxylic acids is 1. The summed E-state index contributed by atoms with van der Waals surface area (Å²) in [7, 11) is 0. The molecule has 2 N–H and O–H groups in total. The molecule has 2 bridgehead atoms. The number of anilines is 1. The molecule has 2 fully saturated rings. The fourth-order valence-electron chi connectivity index (χ4n) is 5.27. The summed E-state index contributed by atoms with van der Waals surface area (Å²) in [4.78, 5) is 33.7. The summed E-state index contributed by atoms with van der Waals surface area (Å²) in [5.41, 5.74) is 2.94. The number of ether oxygens (including phenoxy) is 1. The zero-order valence-corrected chi connectivity index (χ0v) is 19.6. The highest BCUT2D eigenvalue weighted by atomic mass is 35.5. The first-order valence-corrected chi connectivity index (χ1v) is 12.3. The van der Waals surface area contributed by atoms with Crippen molar-refractivity contribution in [3.05, 3.63) is 75.0 Å². The van der Waals surface area contributed by atoms with Gasteiger partial charge in [-0.05, 0) is 67.9 Å². The van der Waals surface area contributed by atoms with Gasteiger partial charge in [0.25, 0.3) is 0 Å². The van der Waals surface area contributed by atoms with Gasteiger partial charge in [0.15, 0.2) is 0 Å². The van der Waals surface area contributed by atoms with E-state index in [4.69, 9.17) is 16.3 Å². The SMILES string of the molecule is O=C(Nc1cc(Cl)c(-c2ccc(OC3CCC3)nc2)cc1F)N1C2CC[C@H]1c1c[nH]c(=O)cc1C2. The summed E-state index contributed by atoms with van der Waals surface area (Å²) in [5, 5.41) is 3.01. The second-order valence-corrected chi connectivity index (χ2v) is 9.84. The fraction of sp³-hybridized carbons (Fsp3) is 0.346. The summed E-state index contributed by atoms with van der Waals surface area (Å²) in [5.74, 6) is -0.0395. The number of benzene rings is 1. The highest BCUT2D eigenvalue weighted by Gasteiger charge is 2.43. The predicted octanol–water partition coefficient (Wildman–Crippen LogP) is 5.45. The maximum absolute atomic E-state index is 15.1. The average molecular weight is 495 g/mol. The van der Waals surface area contributed by atoms with E-state index in [1.54, 1.807) is 35.5 Å². The van der Waals surface area contributed by atoms with Crippen molar-refractivity contribution >= 4 is 23.3 Å². The molecule has 0 spiro atoms. The molecule has 1 aromatic carbocycles. The number of aromatic nitrogens is 2. The van der Waals surface area contributed by atoms with Crippen LogP contribution in [-0.4, -0.2) is 33.0 Å². The lowest BCUT2D eigenvalue weighted by molar-refractivity contribution is 0.114. The van der Waals surface area contributed by atoms with E-state index in [0.29, 0.717) is 28.5 Å². The Bertz CT molecular complexity index is 1360. The second-order valence-electron chi connectivity index (χ2n) is 9.43. The number of pyridine rings is 2. The molecule has 3 aromatic rings. The van der Waals surface area contributed by atoms with Gasteiger partial charge in [0, 0.05) is 41.7 Å². The summed E-state index contributed by atoms with van der Waals surface area (Å²) in [6, 6.07) is 7.35. The normalized spacial score (nSPS) is 20.8. The van der Waals surface area contributed by atoms with Crippen LogP contribution in [0.4, 0.5) is 14.9 Å². The van der Waals surface area contributed by atoms with Crippen LogP contribution in [0.3, 0.4) is 0 Å². The number of hydrogen-bond donors (Lipinski definition) is 2. The van der Waals surface area contributed by atoms with Crippen molar-refractivity contribution in [3.8, 4) is 17.0 Å². The first-order valence-electron chi connectivity index (χ1n) is 11.9. The molecule has 2 amide bonds. The lowest BCUT2D eigenvalue weighted by Crippen LogP contribution is -2.44. The number of fused-ring (bicyclic) bond motifs is 4. The molecule has 1 unspecified atom stereocenters. The largest absolute Gasteiger partial charge is 0.474 e. The minimum absolute atomic E-state index is 0.0216. The molecule has 35 heavy (non-hydrogen) atoms. The third-order valence-electron chi connectivity index (χ3n) is 7.28. The molecule has 7 nitrogen and oxygen atoms in total. The quantitative estimate of drug-likeness (QED) is 0.504. The van der Waals surface area contributed by atoms with Gasteiger partial charge in [0.05, 0.1) is 16.8 Å². The number of urea groups is 1. The van der Waals surface area contributed by atoms with Gasteiger partial charge in [-0.3, -0.25) is 4.79 Å². The van der Waals surface area contributed by atoms with Crippen molar-refractivity contribution in [2.45, 2.75) is 56.7 Å². The van der Waals surface area contributed by atoms with E-state index in [9.17, 15) is 9.59 Å². The number of rotatable bonds is 4. The number of amides is 2. The van der Waals surface area contributed by atoms with Crippen LogP contribution in [0.1, 0.15) is 49.3 Å². The Balaban J connectivity index is 1.20. The number of halogens is 2. The Morgan fingerprint density at radius 3 is 2.80 bits per heavy atom. The van der Waals surface area contributed by atoms with Crippen LogP contribution in [0.25, 0.3) is 11.1 Å². The minimum atomic E-state index is -0.582. The van der Waals surface area contributed by atoms with E-state index in [0.717, 1.165) is 36.8 Å². The van der Waals surface area contributed by atoms with Gasteiger partial charge in [0.2, 0.25) is 11.4 Å². The molecular formula is C26H24ClFN4O3. The molecule has 2 atom stereocenters. The highest BCUT2D eigenvalue weighted by molar-refractivity contribution is 6.33. The Kier molecular flexibility index (Phi) is 5.48. The van der Waals surface area contributed by atoms with Crippen molar-refractivity contribution in [1.82, 2.24) is 14.9 Å². The Morgan fingerprint density at radius 2 is 2.06 bits per heavy atom. The van der Waals surface area contributed by atoms with Gasteiger partial charge >= 0.3 is 6.03 Å². The number of H-pyrrole nitrogens is 1. The molecule has 2 aliphatic heterocycles. The molecule has 4 heterocycles. The monoisotopic (exact) mass is 494 g/mol. The summed E-state index contributed by atoms with van der Waals surface area (Å²) in [6.07, 6.45) is 9.02. The Hall–Kier alpha value is -3.39. The van der Waals surface area contributed by atoms with Crippen LogP contribution in [0, 0.1) is 5.82 Å². The molecule has 1 aliphatic carbocycles. The lowest BCUT2D eigenvalue weighted by atomic mass is 9.95. The first kappa shape index (κ1) is 22.1. The molecule has 180 valence electrons. The topological polar surface area (TPSA) is 87.3 Å². The van der Waals surface area contributed by atoms with Gasteiger partial charge in [0.1, 0.15) is 11.9 Å². The smallest absolute Gasteiger partial charge is 0.322 e. The zero-order chi connectivity index (χ0) is 24.1. The summed E-state index contributed by atoms with van der Waals surface area (Å²) < 4.78 is 20.8. The molecule has 2 aromatic heterocycles. The average Bonchev–Trinajstić information content (AvgIpc) is 3.14. The second kappa shape index (κ2) is 8.68. The van der Waals surface area contributed by atoms with Crippen LogP contribution in [0.15, 0.2) is 47.5 Å². The van der Waals surface area contributed by atoms with Gasteiger partial charge in [-0.25, -0.2) is 14.2 Å². The fourth-order valence-corrected chi connectivity index (χ4v) is 5.55. The first-order chi connectivity index (χ1) is 17.0. The van der Waals surface area contributed by atoms with Crippen molar-refractivity contribution in [3.63, 3.8) is 0 Å². The molecule has 3 aliphatic rings. The number of carbonyl (C=O) groups is 1. The van der Waals surface area contributed by atoms with E-state index in [1.165, 1.54) is 18.6 Å². The number of nitrogens with zero attached hydrogens (tertiary/aromatic N) is 2. The van der Waals surface area contributed by atoms with Gasteiger partial charge in [-0.2, -0.15) is 0 Å². The lowest BCUT2D eigenvalue weighted by Gasteiger charge is -2.36. The molecule has 9 heteroatoms. The third-order valence-corrected chi connectivity index (χ3v) is 7.60. The van der Waals surface area contributed by atoms with Gasteiger partial charge in [-0.15, -0.1) is 0 Å². The minimum Gasteiger partial charge on any atom is -0.474 e. The van der Waals surface area contributed by atoms with E-state index < -0.39 is 5.82 Å². The van der Waals surface area contributed by atoms with Crippen LogP contribution >= 0.6 is 11.6 Å². The van der Waals surface area contributed by atoms with Gasteiger partial charge in [-0.1, -0.05) is 11.6 Å². The van der Waals surface area contributed by atoms with E-state index >= 15 is 4.39 Å². The van der Waals surface area contributed by atoms with Gasteiger partial charge < -0.3 is 19.9 Å². The number of hydrogen-bond acceptors (Lipinski definition) is 4. The number of aromatic amines is 1. The molecule has 1 saturated heterocycles. The Morgan fingerprint density at radius 1 is 1.20 bits per heavy atom. The molecule has 1 saturated carbocycles.